The van der Waals surface area contributed by atoms with Crippen LogP contribution in [0.5, 0.6) is 0 Å². The Morgan fingerprint density at radius 3 is 2.62 bits per heavy atom. The first-order valence-electron chi connectivity index (χ1n) is 3.77. The van der Waals surface area contributed by atoms with E-state index in [1.54, 1.807) is 0 Å². The van der Waals surface area contributed by atoms with Crippen LogP contribution in [0.4, 0.5) is 8.78 Å². The van der Waals surface area contributed by atoms with Gasteiger partial charge in [0.2, 0.25) is 0 Å². The van der Waals surface area contributed by atoms with Crippen LogP contribution in [0.15, 0.2) is 12.3 Å². The largest absolute Gasteiger partial charge is 0.391 e. The number of hydrogen-bond acceptors (Lipinski definition) is 3. The maximum Gasteiger partial charge on any atom is 0.149 e. The minimum atomic E-state index is -0.930. The van der Waals surface area contributed by atoms with E-state index in [4.69, 9.17) is 10.8 Å². The lowest BCUT2D eigenvalue weighted by Crippen LogP contribution is -2.25. The van der Waals surface area contributed by atoms with E-state index < -0.39 is 23.8 Å². The highest BCUT2D eigenvalue weighted by Crippen LogP contribution is 2.15. The lowest BCUT2D eigenvalue weighted by molar-refractivity contribution is 0.160. The van der Waals surface area contributed by atoms with Crippen molar-refractivity contribution in [3.05, 3.63) is 29.6 Å². The molecule has 2 atom stereocenters. The van der Waals surface area contributed by atoms with Gasteiger partial charge in [-0.2, -0.15) is 0 Å². The van der Waals surface area contributed by atoms with Gasteiger partial charge in [0, 0.05) is 6.07 Å². The molecule has 0 aromatic carbocycles. The third-order valence-electron chi connectivity index (χ3n) is 1.67. The second-order valence-electron chi connectivity index (χ2n) is 2.79. The van der Waals surface area contributed by atoms with E-state index in [2.05, 4.69) is 4.98 Å². The van der Waals surface area contributed by atoms with Crippen LogP contribution in [0.2, 0.25) is 0 Å². The Bertz CT molecular complexity index is 304. The second kappa shape index (κ2) is 3.76. The number of aliphatic hydroxyl groups is 1. The fourth-order valence-corrected chi connectivity index (χ4v) is 0.899. The van der Waals surface area contributed by atoms with E-state index in [0.29, 0.717) is 6.07 Å². The summed E-state index contributed by atoms with van der Waals surface area (Å²) in [5, 5.41) is 9.04. The van der Waals surface area contributed by atoms with Crippen LogP contribution in [-0.4, -0.2) is 16.2 Å². The number of aliphatic hydroxyl groups excluding tert-OH is 1. The molecule has 0 bridgehead atoms. The zero-order valence-electron chi connectivity index (χ0n) is 7.04. The fourth-order valence-electron chi connectivity index (χ4n) is 0.899. The van der Waals surface area contributed by atoms with Gasteiger partial charge in [-0.25, -0.2) is 8.78 Å². The van der Waals surface area contributed by atoms with E-state index in [0.717, 1.165) is 6.20 Å². The number of nitrogens with zero attached hydrogens (tertiary/aromatic N) is 1. The van der Waals surface area contributed by atoms with E-state index in [-0.39, 0.29) is 5.69 Å². The predicted molar refractivity (Wildman–Crippen MR) is 42.8 cm³/mol. The molecular formula is C8H10F2N2O. The molecule has 1 aromatic heterocycles. The normalized spacial score (nSPS) is 15.5. The van der Waals surface area contributed by atoms with Crippen molar-refractivity contribution in [1.29, 1.82) is 0 Å². The second-order valence-corrected chi connectivity index (χ2v) is 2.79. The highest BCUT2D eigenvalue weighted by molar-refractivity contribution is 5.13. The van der Waals surface area contributed by atoms with Crippen molar-refractivity contribution < 1.29 is 13.9 Å². The zero-order chi connectivity index (χ0) is 10.0. The van der Waals surface area contributed by atoms with E-state index in [9.17, 15) is 8.78 Å². The van der Waals surface area contributed by atoms with Crippen LogP contribution in [0.25, 0.3) is 0 Å². The van der Waals surface area contributed by atoms with Crippen molar-refractivity contribution in [3.63, 3.8) is 0 Å². The summed E-state index contributed by atoms with van der Waals surface area (Å²) in [7, 11) is 0. The molecule has 72 valence electrons. The molecule has 3 N–H and O–H groups in total. The minimum Gasteiger partial charge on any atom is -0.391 e. The highest BCUT2D eigenvalue weighted by Gasteiger charge is 2.18. The number of nitrogens with two attached hydrogens (primary N) is 1. The first kappa shape index (κ1) is 10.0. The average Bonchev–Trinajstić information content (AvgIpc) is 2.03. The number of aromatic nitrogens is 1. The van der Waals surface area contributed by atoms with Crippen LogP contribution in [-0.2, 0) is 0 Å². The third-order valence-corrected chi connectivity index (χ3v) is 1.67. The summed E-state index contributed by atoms with van der Waals surface area (Å²) in [6, 6.07) is -0.245. The van der Waals surface area contributed by atoms with Gasteiger partial charge in [-0.05, 0) is 6.92 Å². The van der Waals surface area contributed by atoms with Gasteiger partial charge in [-0.1, -0.05) is 0 Å². The van der Waals surface area contributed by atoms with E-state index in [1.165, 1.54) is 6.92 Å². The van der Waals surface area contributed by atoms with Crippen LogP contribution >= 0.6 is 0 Å². The first-order valence-corrected chi connectivity index (χ1v) is 3.77. The molecule has 1 heterocycles. The average molecular weight is 188 g/mol. The fraction of sp³-hybridized carbons (Fsp3) is 0.375. The molecule has 0 saturated heterocycles. The molecule has 13 heavy (non-hydrogen) atoms. The van der Waals surface area contributed by atoms with Crippen molar-refractivity contribution in [1.82, 2.24) is 4.98 Å². The minimum absolute atomic E-state index is 0.128. The summed E-state index contributed by atoms with van der Waals surface area (Å²) in [4.78, 5) is 3.46. The van der Waals surface area contributed by atoms with Gasteiger partial charge >= 0.3 is 0 Å². The van der Waals surface area contributed by atoms with Crippen molar-refractivity contribution in [2.45, 2.75) is 19.1 Å². The predicted octanol–water partition coefficient (Wildman–Crippen LogP) is 0.740. The summed E-state index contributed by atoms with van der Waals surface area (Å²) < 4.78 is 25.4. The summed E-state index contributed by atoms with van der Waals surface area (Å²) in [5.41, 5.74) is 5.29. The molecule has 1 aromatic rings. The molecule has 0 saturated carbocycles. The zero-order valence-corrected chi connectivity index (χ0v) is 7.04. The Morgan fingerprint density at radius 1 is 1.54 bits per heavy atom. The highest BCUT2D eigenvalue weighted by atomic mass is 19.1. The van der Waals surface area contributed by atoms with Gasteiger partial charge in [0.25, 0.3) is 0 Å². The van der Waals surface area contributed by atoms with Crippen LogP contribution in [0, 0.1) is 11.6 Å². The lowest BCUT2D eigenvalue weighted by Gasteiger charge is -2.14. The van der Waals surface area contributed by atoms with Crippen LogP contribution in [0.1, 0.15) is 18.7 Å². The summed E-state index contributed by atoms with van der Waals surface area (Å²) in [5.74, 6) is -1.60. The van der Waals surface area contributed by atoms with E-state index in [1.807, 2.05) is 0 Å². The Kier molecular flexibility index (Phi) is 2.90. The molecule has 0 amide bonds. The van der Waals surface area contributed by atoms with Crippen molar-refractivity contribution in [2.75, 3.05) is 0 Å². The number of rotatable bonds is 2. The Morgan fingerprint density at radius 2 is 2.15 bits per heavy atom. The maximum atomic E-state index is 13.0. The molecule has 1 rings (SSSR count). The molecule has 0 aliphatic heterocycles. The molecule has 0 aliphatic carbocycles. The van der Waals surface area contributed by atoms with Crippen molar-refractivity contribution in [3.8, 4) is 0 Å². The number of halogens is 2. The molecule has 0 spiro atoms. The van der Waals surface area contributed by atoms with Gasteiger partial charge in [-0.3, -0.25) is 4.98 Å². The Hall–Kier alpha value is -1.07. The summed E-state index contributed by atoms with van der Waals surface area (Å²) in [6.45, 7) is 1.41. The lowest BCUT2D eigenvalue weighted by atomic mass is 10.1. The summed E-state index contributed by atoms with van der Waals surface area (Å²) in [6.07, 6.45) is -0.0619. The van der Waals surface area contributed by atoms with Crippen molar-refractivity contribution >= 4 is 0 Å². The first-order chi connectivity index (χ1) is 6.02. The van der Waals surface area contributed by atoms with Gasteiger partial charge < -0.3 is 10.8 Å². The smallest absolute Gasteiger partial charge is 0.149 e. The molecule has 0 radical (unpaired) electrons. The van der Waals surface area contributed by atoms with Gasteiger partial charge in [-0.15, -0.1) is 0 Å². The molecule has 5 heteroatoms. The van der Waals surface area contributed by atoms with E-state index >= 15 is 0 Å². The van der Waals surface area contributed by atoms with Gasteiger partial charge in [0.05, 0.1) is 24.0 Å². The van der Waals surface area contributed by atoms with Gasteiger partial charge in [0.1, 0.15) is 11.6 Å². The third kappa shape index (κ3) is 2.19. The van der Waals surface area contributed by atoms with Crippen molar-refractivity contribution in [2.24, 2.45) is 5.73 Å². The standard InChI is InChI=1S/C8H10F2N2O/c1-4(13)7(11)8-6(10)2-5(9)3-12-8/h2-4,7,13H,11H2,1H3/t4-,7+/m1/s1. The van der Waals surface area contributed by atoms with Gasteiger partial charge in [0.15, 0.2) is 0 Å². The Balaban J connectivity index is 3.01. The van der Waals surface area contributed by atoms with Crippen LogP contribution in [0.3, 0.4) is 0 Å². The molecule has 0 unspecified atom stereocenters. The molecule has 0 aliphatic rings. The topological polar surface area (TPSA) is 59.1 Å². The Labute approximate surface area is 74.2 Å². The molecule has 0 fully saturated rings. The molecule has 3 nitrogen and oxygen atoms in total. The quantitative estimate of drug-likeness (QED) is 0.719. The molecular weight excluding hydrogens is 178 g/mol. The maximum absolute atomic E-state index is 13.0. The number of hydrogen-bond donors (Lipinski definition) is 2. The summed E-state index contributed by atoms with van der Waals surface area (Å²) >= 11 is 0. The SMILES string of the molecule is C[C@@H](O)[C@H](N)c1ncc(F)cc1F. The van der Waals surface area contributed by atoms with Crippen LogP contribution < -0.4 is 5.73 Å². The monoisotopic (exact) mass is 188 g/mol. The number of pyridine rings is 1.